The third-order valence-corrected chi connectivity index (χ3v) is 6.85. The van der Waals surface area contributed by atoms with Crippen LogP contribution in [0.3, 0.4) is 0 Å². The third kappa shape index (κ3) is 4.98. The van der Waals surface area contributed by atoms with Crippen LogP contribution in [0.4, 0.5) is 0 Å². The van der Waals surface area contributed by atoms with Gasteiger partial charge in [0, 0.05) is 24.5 Å². The molecule has 0 amide bonds. The molecule has 1 saturated heterocycles. The molecule has 3 aromatic rings. The molecular weight excluding hydrogens is 426 g/mol. The number of ether oxygens (including phenoxy) is 1. The molecule has 0 saturated carbocycles. The number of likely N-dealkylation sites (tertiary alicyclic amines) is 1. The van der Waals surface area contributed by atoms with E-state index in [4.69, 9.17) is 4.74 Å². The fourth-order valence-electron chi connectivity index (χ4n) is 4.97. The minimum atomic E-state index is -0.490. The van der Waals surface area contributed by atoms with E-state index < -0.39 is 6.10 Å². The Morgan fingerprint density at radius 1 is 1.18 bits per heavy atom. The molecule has 1 aromatic carbocycles. The maximum absolute atomic E-state index is 10.4. The van der Waals surface area contributed by atoms with Crippen LogP contribution in [0, 0.1) is 17.2 Å². The van der Waals surface area contributed by atoms with Crippen molar-refractivity contribution in [3.63, 3.8) is 0 Å². The Morgan fingerprint density at radius 3 is 2.74 bits per heavy atom. The van der Waals surface area contributed by atoms with Crippen LogP contribution in [0.15, 0.2) is 48.9 Å². The van der Waals surface area contributed by atoms with Gasteiger partial charge in [0.1, 0.15) is 18.5 Å². The van der Waals surface area contributed by atoms with Gasteiger partial charge in [-0.15, -0.1) is 0 Å². The van der Waals surface area contributed by atoms with Crippen molar-refractivity contribution in [2.45, 2.75) is 44.6 Å². The standard InChI is InChI=1S/C27H31N5O2/c28-16-20-4-6-22(7-5-20)26-27-25(17-30-32(27)15-12-29-26)21-8-10-24(11-9-21)34-19-23(33)18-31-13-2-1-3-14-31/h6,8-12,15,17,20,23,33H,1-5,7,13-14,18-19H2. The summed E-state index contributed by atoms with van der Waals surface area (Å²) in [5.41, 5.74) is 5.16. The monoisotopic (exact) mass is 457 g/mol. The minimum Gasteiger partial charge on any atom is -0.491 e. The number of fused-ring (bicyclic) bond motifs is 1. The third-order valence-electron chi connectivity index (χ3n) is 6.85. The molecule has 7 nitrogen and oxygen atoms in total. The zero-order valence-corrected chi connectivity index (χ0v) is 19.4. The number of benzene rings is 1. The normalized spacial score (nSPS) is 20.0. The second kappa shape index (κ2) is 10.4. The summed E-state index contributed by atoms with van der Waals surface area (Å²) in [7, 11) is 0. The van der Waals surface area contributed by atoms with E-state index in [1.165, 1.54) is 24.8 Å². The van der Waals surface area contributed by atoms with Gasteiger partial charge >= 0.3 is 0 Å². The summed E-state index contributed by atoms with van der Waals surface area (Å²) in [6.07, 6.45) is 13.4. The molecule has 2 unspecified atom stereocenters. The number of rotatable bonds is 7. The quantitative estimate of drug-likeness (QED) is 0.568. The van der Waals surface area contributed by atoms with Crippen molar-refractivity contribution >= 4 is 11.1 Å². The van der Waals surface area contributed by atoms with Crippen LogP contribution in [-0.2, 0) is 0 Å². The van der Waals surface area contributed by atoms with Crippen LogP contribution in [0.5, 0.6) is 5.75 Å². The first-order chi connectivity index (χ1) is 16.7. The van der Waals surface area contributed by atoms with Gasteiger partial charge in [0.05, 0.1) is 29.4 Å². The Morgan fingerprint density at radius 2 is 2.00 bits per heavy atom. The number of aliphatic hydroxyl groups excluding tert-OH is 1. The summed E-state index contributed by atoms with van der Waals surface area (Å²) in [5, 5.41) is 24.1. The van der Waals surface area contributed by atoms with Gasteiger partial charge in [0.2, 0.25) is 0 Å². The van der Waals surface area contributed by atoms with E-state index in [1.807, 2.05) is 41.2 Å². The van der Waals surface area contributed by atoms with Crippen LogP contribution >= 0.6 is 0 Å². The van der Waals surface area contributed by atoms with Gasteiger partial charge < -0.3 is 14.7 Å². The number of piperidine rings is 1. The summed E-state index contributed by atoms with van der Waals surface area (Å²) in [6, 6.07) is 10.3. The van der Waals surface area contributed by atoms with E-state index >= 15 is 0 Å². The molecule has 176 valence electrons. The van der Waals surface area contributed by atoms with Crippen molar-refractivity contribution in [1.82, 2.24) is 19.5 Å². The molecule has 1 aliphatic carbocycles. The summed E-state index contributed by atoms with van der Waals surface area (Å²) in [5.74, 6) is 0.840. The molecule has 0 radical (unpaired) electrons. The molecule has 2 atom stereocenters. The number of hydrogen-bond acceptors (Lipinski definition) is 6. The molecule has 2 aliphatic rings. The maximum Gasteiger partial charge on any atom is 0.119 e. The highest BCUT2D eigenvalue weighted by molar-refractivity contribution is 5.88. The first-order valence-corrected chi connectivity index (χ1v) is 12.3. The van der Waals surface area contributed by atoms with Gasteiger partial charge in [0.25, 0.3) is 0 Å². The van der Waals surface area contributed by atoms with Crippen LogP contribution in [0.2, 0.25) is 0 Å². The van der Waals surface area contributed by atoms with Crippen molar-refractivity contribution in [2.24, 2.45) is 5.92 Å². The van der Waals surface area contributed by atoms with Crippen LogP contribution in [0.1, 0.15) is 44.2 Å². The molecular formula is C27H31N5O2. The number of allylic oxidation sites excluding steroid dienone is 2. The van der Waals surface area contributed by atoms with Gasteiger partial charge in [0.15, 0.2) is 0 Å². The molecule has 3 heterocycles. The summed E-state index contributed by atoms with van der Waals surface area (Å²) in [4.78, 5) is 7.00. The molecule has 0 bridgehead atoms. The Bertz CT molecular complexity index is 1190. The van der Waals surface area contributed by atoms with Crippen LogP contribution in [-0.4, -0.2) is 56.9 Å². The molecule has 0 spiro atoms. The first kappa shape index (κ1) is 22.6. The number of nitriles is 1. The topological polar surface area (TPSA) is 86.7 Å². The second-order valence-electron chi connectivity index (χ2n) is 9.31. The molecule has 7 heteroatoms. The maximum atomic E-state index is 10.4. The Balaban J connectivity index is 1.30. The van der Waals surface area contributed by atoms with Gasteiger partial charge in [-0.25, -0.2) is 4.52 Å². The summed E-state index contributed by atoms with van der Waals surface area (Å²) < 4.78 is 7.73. The predicted octanol–water partition coefficient (Wildman–Crippen LogP) is 4.33. The van der Waals surface area contributed by atoms with Gasteiger partial charge in [-0.1, -0.05) is 24.6 Å². The Labute approximate surface area is 200 Å². The highest BCUT2D eigenvalue weighted by Crippen LogP contribution is 2.35. The Hall–Kier alpha value is -3.21. The zero-order valence-electron chi connectivity index (χ0n) is 19.4. The molecule has 1 N–H and O–H groups in total. The number of β-amino-alcohol motifs (C(OH)–C–C–N with tert-alkyl or cyclic N) is 1. The lowest BCUT2D eigenvalue weighted by Gasteiger charge is -2.28. The van der Waals surface area contributed by atoms with Gasteiger partial charge in [-0.05, 0) is 68.5 Å². The van der Waals surface area contributed by atoms with Crippen molar-refractivity contribution < 1.29 is 9.84 Å². The molecule has 2 aromatic heterocycles. The van der Waals surface area contributed by atoms with Crippen LogP contribution in [0.25, 0.3) is 22.2 Å². The lowest BCUT2D eigenvalue weighted by molar-refractivity contribution is 0.0617. The zero-order chi connectivity index (χ0) is 23.3. The lowest BCUT2D eigenvalue weighted by Crippen LogP contribution is -2.38. The smallest absolute Gasteiger partial charge is 0.119 e. The van der Waals surface area contributed by atoms with E-state index in [0.29, 0.717) is 13.2 Å². The molecule has 5 rings (SSSR count). The van der Waals surface area contributed by atoms with Crippen LogP contribution < -0.4 is 4.74 Å². The molecule has 34 heavy (non-hydrogen) atoms. The largest absolute Gasteiger partial charge is 0.491 e. The first-order valence-electron chi connectivity index (χ1n) is 12.3. The SMILES string of the molecule is N#CC1CC=C(c2nccn3ncc(-c4ccc(OCC(O)CN5CCCCC5)cc4)c23)CC1. The van der Waals surface area contributed by atoms with E-state index in [-0.39, 0.29) is 5.92 Å². The average Bonchev–Trinajstić information content (AvgIpc) is 3.33. The predicted molar refractivity (Wildman–Crippen MR) is 131 cm³/mol. The van der Waals surface area contributed by atoms with E-state index in [2.05, 4.69) is 27.1 Å². The van der Waals surface area contributed by atoms with E-state index in [0.717, 1.165) is 60.4 Å². The molecule has 1 fully saturated rings. The fraction of sp³-hybridized carbons (Fsp3) is 0.444. The second-order valence-corrected chi connectivity index (χ2v) is 9.31. The minimum absolute atomic E-state index is 0.0961. The lowest BCUT2D eigenvalue weighted by atomic mass is 9.88. The Kier molecular flexibility index (Phi) is 6.89. The summed E-state index contributed by atoms with van der Waals surface area (Å²) >= 11 is 0. The number of aliphatic hydroxyl groups is 1. The average molecular weight is 458 g/mol. The van der Waals surface area contributed by atoms with Crippen molar-refractivity contribution in [1.29, 1.82) is 5.26 Å². The van der Waals surface area contributed by atoms with Crippen molar-refractivity contribution in [3.05, 3.63) is 54.6 Å². The number of hydrogen-bond donors (Lipinski definition) is 1. The highest BCUT2D eigenvalue weighted by atomic mass is 16.5. The van der Waals surface area contributed by atoms with Crippen molar-refractivity contribution in [3.8, 4) is 22.9 Å². The highest BCUT2D eigenvalue weighted by Gasteiger charge is 2.20. The number of nitrogens with zero attached hydrogens (tertiary/aromatic N) is 5. The number of aromatic nitrogens is 3. The van der Waals surface area contributed by atoms with Crippen molar-refractivity contribution in [2.75, 3.05) is 26.2 Å². The van der Waals surface area contributed by atoms with E-state index in [1.54, 1.807) is 6.20 Å². The van der Waals surface area contributed by atoms with Gasteiger partial charge in [-0.3, -0.25) is 4.98 Å². The van der Waals surface area contributed by atoms with E-state index in [9.17, 15) is 10.4 Å². The fourth-order valence-corrected chi connectivity index (χ4v) is 4.97. The molecule has 1 aliphatic heterocycles. The van der Waals surface area contributed by atoms with Gasteiger partial charge in [-0.2, -0.15) is 10.4 Å². The summed E-state index contributed by atoms with van der Waals surface area (Å²) in [6.45, 7) is 3.09.